The second kappa shape index (κ2) is 6.10. The Balaban J connectivity index is 2.02. The lowest BCUT2D eigenvalue weighted by Crippen LogP contribution is -2.55. The average Bonchev–Trinajstić information content (AvgIpc) is 3.05. The van der Waals surface area contributed by atoms with Gasteiger partial charge in [-0.25, -0.2) is 4.79 Å². The van der Waals surface area contributed by atoms with E-state index in [1.54, 1.807) is 0 Å². The van der Waals surface area contributed by atoms with Crippen molar-refractivity contribution in [3.05, 3.63) is 41.7 Å². The van der Waals surface area contributed by atoms with Crippen LogP contribution in [0.5, 0.6) is 0 Å². The molecule has 0 saturated carbocycles. The molecule has 2 unspecified atom stereocenters. The van der Waals surface area contributed by atoms with Crippen molar-refractivity contribution in [1.82, 2.24) is 30.4 Å². The Morgan fingerprint density at radius 3 is 3.00 bits per heavy atom. The lowest BCUT2D eigenvalue weighted by atomic mass is 9.88. The fourth-order valence-corrected chi connectivity index (χ4v) is 2.84. The van der Waals surface area contributed by atoms with Gasteiger partial charge in [0.15, 0.2) is 5.82 Å². The predicted octanol–water partition coefficient (Wildman–Crippen LogP) is 0.294. The molecule has 8 heteroatoms. The van der Waals surface area contributed by atoms with Crippen LogP contribution in [0.4, 0.5) is 4.79 Å². The monoisotopic (exact) mass is 303 g/mol. The highest BCUT2D eigenvalue weighted by Gasteiger charge is 2.37. The molecule has 0 spiro atoms. The van der Waals surface area contributed by atoms with Gasteiger partial charge in [0.1, 0.15) is 0 Å². The van der Waals surface area contributed by atoms with Gasteiger partial charge in [-0.15, -0.1) is 10.2 Å². The topological polar surface area (TPSA) is 96.2 Å². The van der Waals surface area contributed by atoms with E-state index in [-0.39, 0.29) is 19.0 Å². The zero-order valence-electron chi connectivity index (χ0n) is 13.0. The third kappa shape index (κ3) is 2.77. The predicted molar refractivity (Wildman–Crippen MR) is 78.5 cm³/mol. The highest BCUT2D eigenvalue weighted by atomic mass is 16.4. The first-order valence-electron chi connectivity index (χ1n) is 7.73. The average molecular weight is 303 g/mol. The summed E-state index contributed by atoms with van der Waals surface area (Å²) in [7, 11) is -0.125. The molecule has 116 valence electrons. The molecule has 2 atom stereocenters. The third-order valence-electron chi connectivity index (χ3n) is 3.82. The minimum absolute atomic E-state index is 0.125. The molecule has 1 aliphatic rings. The Bertz CT molecular complexity index is 664. The first-order chi connectivity index (χ1) is 11.2. The van der Waals surface area contributed by atoms with Gasteiger partial charge in [-0.2, -0.15) is 4.80 Å². The van der Waals surface area contributed by atoms with Gasteiger partial charge in [0.05, 0.1) is 19.0 Å². The van der Waals surface area contributed by atoms with E-state index in [0.717, 1.165) is 5.56 Å². The van der Waals surface area contributed by atoms with Gasteiger partial charge >= 0.3 is 6.09 Å². The van der Waals surface area contributed by atoms with Crippen molar-refractivity contribution < 1.29 is 11.3 Å². The largest absolute Gasteiger partial charge is 0.465 e. The number of carbonyl (C=O) groups is 1. The van der Waals surface area contributed by atoms with Crippen molar-refractivity contribution in [3.8, 4) is 0 Å². The summed E-state index contributed by atoms with van der Waals surface area (Å²) in [5.74, 6) is 0.101. The van der Waals surface area contributed by atoms with Gasteiger partial charge in [-0.1, -0.05) is 30.3 Å². The van der Waals surface area contributed by atoms with Crippen LogP contribution >= 0.6 is 0 Å². The minimum atomic E-state index is -0.953. The highest BCUT2D eigenvalue weighted by molar-refractivity contribution is 5.66. The molecule has 3 rings (SSSR count). The van der Waals surface area contributed by atoms with Crippen molar-refractivity contribution in [2.75, 3.05) is 19.6 Å². The van der Waals surface area contributed by atoms with Crippen LogP contribution < -0.4 is 5.32 Å². The first-order valence-corrected chi connectivity index (χ1v) is 7.03. The van der Waals surface area contributed by atoms with Crippen LogP contribution in [0.1, 0.15) is 18.7 Å². The fraction of sp³-hybridized carbons (Fsp3) is 0.429. The van der Waals surface area contributed by atoms with E-state index in [1.165, 1.54) is 9.70 Å². The summed E-state index contributed by atoms with van der Waals surface area (Å²) >= 11 is 0. The van der Waals surface area contributed by atoms with Gasteiger partial charge in [-0.05, 0) is 10.8 Å². The molecule has 1 saturated heterocycles. The van der Waals surface area contributed by atoms with Crippen LogP contribution in [0.15, 0.2) is 30.3 Å². The number of nitrogens with zero attached hydrogens (tertiary/aromatic N) is 5. The molecule has 0 bridgehead atoms. The van der Waals surface area contributed by atoms with Crippen LogP contribution in [0.3, 0.4) is 0 Å². The van der Waals surface area contributed by atoms with Crippen molar-refractivity contribution in [1.29, 1.82) is 0 Å². The molecular formula is C14H18N6O2. The molecule has 1 aliphatic heterocycles. The van der Waals surface area contributed by atoms with Crippen LogP contribution in [0.25, 0.3) is 0 Å². The Hall–Kier alpha value is -2.48. The maximum absolute atomic E-state index is 11.6. The number of piperazine rings is 1. The molecule has 2 N–H and O–H groups in total. The summed E-state index contributed by atoms with van der Waals surface area (Å²) in [5, 5.41) is 24.9. The van der Waals surface area contributed by atoms with E-state index in [4.69, 9.17) is 1.37 Å². The number of rotatable bonds is 3. The molecule has 1 aromatic carbocycles. The highest BCUT2D eigenvalue weighted by Crippen LogP contribution is 2.29. The van der Waals surface area contributed by atoms with Crippen LogP contribution in [0.2, 0.25) is 0 Å². The molecule has 8 nitrogen and oxygen atoms in total. The summed E-state index contributed by atoms with van der Waals surface area (Å²) < 4.78 is 7.34. The maximum atomic E-state index is 11.6. The summed E-state index contributed by atoms with van der Waals surface area (Å²) in [4.78, 5) is 14.2. The number of nitrogens with one attached hydrogen (secondary N) is 1. The van der Waals surface area contributed by atoms with E-state index in [2.05, 4.69) is 20.7 Å². The van der Waals surface area contributed by atoms with Gasteiger partial charge in [0.2, 0.25) is 0 Å². The maximum Gasteiger partial charge on any atom is 0.407 e. The number of aromatic nitrogens is 4. The number of aryl methyl sites for hydroxylation is 1. The second-order valence-corrected chi connectivity index (χ2v) is 5.16. The summed E-state index contributed by atoms with van der Waals surface area (Å²) in [6.45, 7) is 1.55. The van der Waals surface area contributed by atoms with Gasteiger partial charge in [0.25, 0.3) is 0 Å². The number of hydrogen-bond acceptors (Lipinski definition) is 5. The Labute approximate surface area is 129 Å². The molecule has 1 fully saturated rings. The Morgan fingerprint density at radius 2 is 2.32 bits per heavy atom. The lowest BCUT2D eigenvalue weighted by molar-refractivity contribution is 0.106. The molecule has 0 radical (unpaired) electrons. The summed E-state index contributed by atoms with van der Waals surface area (Å²) in [6.07, 6.45) is -0.953. The van der Waals surface area contributed by atoms with Gasteiger partial charge in [-0.3, -0.25) is 0 Å². The van der Waals surface area contributed by atoms with E-state index < -0.39 is 6.09 Å². The molecule has 1 aromatic heterocycles. The number of amides is 1. The minimum Gasteiger partial charge on any atom is -0.465 e. The molecule has 2 heterocycles. The third-order valence-corrected chi connectivity index (χ3v) is 3.82. The Morgan fingerprint density at radius 1 is 1.50 bits per heavy atom. The van der Waals surface area contributed by atoms with Crippen molar-refractivity contribution in [3.63, 3.8) is 0 Å². The second-order valence-electron chi connectivity index (χ2n) is 5.16. The van der Waals surface area contributed by atoms with Crippen LogP contribution in [-0.2, 0) is 7.02 Å². The van der Waals surface area contributed by atoms with Crippen molar-refractivity contribution in [2.24, 2.45) is 7.02 Å². The lowest BCUT2D eigenvalue weighted by Gasteiger charge is -2.38. The summed E-state index contributed by atoms with van der Waals surface area (Å²) in [5.41, 5.74) is 0.928. The quantitative estimate of drug-likeness (QED) is 0.846. The zero-order chi connectivity index (χ0) is 16.2. The van der Waals surface area contributed by atoms with Gasteiger partial charge in [0, 0.05) is 21.0 Å². The van der Waals surface area contributed by atoms with Crippen molar-refractivity contribution in [2.45, 2.75) is 12.0 Å². The number of carboxylic acid groups (broad SMARTS) is 1. The number of tetrazole rings is 1. The van der Waals surface area contributed by atoms with Crippen LogP contribution in [-0.4, -0.2) is 62.0 Å². The Kier molecular flexibility index (Phi) is 3.66. The van der Waals surface area contributed by atoms with E-state index >= 15 is 0 Å². The number of hydrogen-bond donors (Lipinski definition) is 2. The molecule has 2 aromatic rings. The van der Waals surface area contributed by atoms with E-state index in [1.807, 2.05) is 30.3 Å². The first kappa shape index (κ1) is 13.2. The van der Waals surface area contributed by atoms with E-state index in [9.17, 15) is 9.90 Å². The molecule has 0 aliphatic carbocycles. The molecule has 1 amide bonds. The van der Waals surface area contributed by atoms with E-state index in [0.29, 0.717) is 25.5 Å². The normalized spacial score (nSPS) is 20.5. The zero-order valence-corrected chi connectivity index (χ0v) is 12.0. The number of benzene rings is 1. The standard InChI is InChI=1S/C14H18N6O2/c1-19-17-13(16-18-19)12(10-5-3-2-4-6-10)11-9-15-7-8-20(11)14(21)22/h2-6,11-12,15H,7-9H2,1H3,(H,21,22)/i1D. The van der Waals surface area contributed by atoms with Crippen LogP contribution in [0, 0.1) is 0 Å². The molecule has 22 heavy (non-hydrogen) atoms. The SMILES string of the molecule is [2H]Cn1nnc(C(c2ccccc2)C2CNCCN2C(=O)O)n1. The fourth-order valence-electron chi connectivity index (χ4n) is 2.84. The summed E-state index contributed by atoms with van der Waals surface area (Å²) in [6, 6.07) is 9.24. The van der Waals surface area contributed by atoms with Crippen molar-refractivity contribution >= 4 is 6.09 Å². The molecular weight excluding hydrogens is 284 g/mol. The van der Waals surface area contributed by atoms with Gasteiger partial charge < -0.3 is 15.3 Å². The smallest absolute Gasteiger partial charge is 0.407 e.